The fourth-order valence-corrected chi connectivity index (χ4v) is 5.88. The Bertz CT molecular complexity index is 1320. The lowest BCUT2D eigenvalue weighted by Gasteiger charge is -2.36. The van der Waals surface area contributed by atoms with Crippen molar-refractivity contribution < 1.29 is 13.2 Å². The van der Waals surface area contributed by atoms with Crippen LogP contribution < -0.4 is 10.2 Å². The average Bonchev–Trinajstić information content (AvgIpc) is 3.31. The summed E-state index contributed by atoms with van der Waals surface area (Å²) in [6.45, 7) is 10.6. The van der Waals surface area contributed by atoms with Crippen LogP contribution in [0.4, 0.5) is 5.69 Å². The van der Waals surface area contributed by atoms with Gasteiger partial charge >= 0.3 is 0 Å². The van der Waals surface area contributed by atoms with Crippen LogP contribution in [-0.4, -0.2) is 54.6 Å². The lowest BCUT2D eigenvalue weighted by atomic mass is 10.1. The SMILES string of the molecule is CCn1cc(C(=O)NCc2ccccc2C)c(S(=O)(=O)N2CCN(c3cccc(C)c3C)CC2)n1. The molecule has 9 heteroatoms. The molecule has 4 rings (SSSR count). The van der Waals surface area contributed by atoms with E-state index in [0.29, 0.717) is 39.3 Å². The number of anilines is 1. The van der Waals surface area contributed by atoms with Gasteiger partial charge in [0.2, 0.25) is 5.03 Å². The molecule has 1 aliphatic rings. The van der Waals surface area contributed by atoms with Crippen molar-refractivity contribution in [2.24, 2.45) is 0 Å². The van der Waals surface area contributed by atoms with Crippen molar-refractivity contribution in [2.45, 2.75) is 45.8 Å². The van der Waals surface area contributed by atoms with Gasteiger partial charge in [-0.25, -0.2) is 8.42 Å². The van der Waals surface area contributed by atoms with Crippen molar-refractivity contribution in [1.82, 2.24) is 19.4 Å². The maximum atomic E-state index is 13.6. The first kappa shape index (κ1) is 24.9. The minimum absolute atomic E-state index is 0.0809. The van der Waals surface area contributed by atoms with Crippen LogP contribution >= 0.6 is 0 Å². The number of piperazine rings is 1. The van der Waals surface area contributed by atoms with E-state index < -0.39 is 15.9 Å². The van der Waals surface area contributed by atoms with Crippen molar-refractivity contribution in [1.29, 1.82) is 0 Å². The van der Waals surface area contributed by atoms with Crippen LogP contribution in [0.15, 0.2) is 53.7 Å². The number of aryl methyl sites for hydroxylation is 3. The summed E-state index contributed by atoms with van der Waals surface area (Å²) in [6, 6.07) is 14.0. The van der Waals surface area contributed by atoms with Gasteiger partial charge in [0.1, 0.15) is 0 Å². The van der Waals surface area contributed by atoms with Gasteiger partial charge in [-0.05, 0) is 56.0 Å². The molecule has 0 radical (unpaired) electrons. The maximum Gasteiger partial charge on any atom is 0.263 e. The summed E-state index contributed by atoms with van der Waals surface area (Å²) in [5.74, 6) is -0.444. The molecule has 1 saturated heterocycles. The van der Waals surface area contributed by atoms with Gasteiger partial charge in [-0.3, -0.25) is 9.48 Å². The molecule has 0 bridgehead atoms. The maximum absolute atomic E-state index is 13.6. The molecule has 0 saturated carbocycles. The van der Waals surface area contributed by atoms with Crippen molar-refractivity contribution in [3.8, 4) is 0 Å². The number of benzene rings is 2. The first-order chi connectivity index (χ1) is 16.7. The molecule has 1 amide bonds. The van der Waals surface area contributed by atoms with E-state index in [1.165, 1.54) is 26.3 Å². The number of aromatic nitrogens is 2. The van der Waals surface area contributed by atoms with Crippen LogP contribution in [0.25, 0.3) is 0 Å². The van der Waals surface area contributed by atoms with E-state index in [0.717, 1.165) is 16.8 Å². The zero-order valence-electron chi connectivity index (χ0n) is 20.8. The van der Waals surface area contributed by atoms with Crippen LogP contribution in [0.2, 0.25) is 0 Å². The second kappa shape index (κ2) is 10.2. The number of hydrogen-bond donors (Lipinski definition) is 1. The van der Waals surface area contributed by atoms with E-state index in [1.54, 1.807) is 0 Å². The van der Waals surface area contributed by atoms with Crippen molar-refractivity contribution in [3.63, 3.8) is 0 Å². The zero-order valence-corrected chi connectivity index (χ0v) is 21.6. The monoisotopic (exact) mass is 495 g/mol. The average molecular weight is 496 g/mol. The van der Waals surface area contributed by atoms with Crippen LogP contribution in [0.5, 0.6) is 0 Å². The minimum Gasteiger partial charge on any atom is -0.369 e. The summed E-state index contributed by atoms with van der Waals surface area (Å²) in [5, 5.41) is 6.97. The van der Waals surface area contributed by atoms with E-state index in [2.05, 4.69) is 41.3 Å². The molecule has 1 aliphatic heterocycles. The van der Waals surface area contributed by atoms with Gasteiger partial charge in [-0.15, -0.1) is 0 Å². The molecule has 0 atom stereocenters. The molecule has 1 N–H and O–H groups in total. The fourth-order valence-electron chi connectivity index (χ4n) is 4.36. The van der Waals surface area contributed by atoms with E-state index >= 15 is 0 Å². The fraction of sp³-hybridized carbons (Fsp3) is 0.385. The summed E-state index contributed by atoms with van der Waals surface area (Å²) in [5.41, 5.74) is 5.68. The number of nitrogens with one attached hydrogen (secondary N) is 1. The smallest absolute Gasteiger partial charge is 0.263 e. The molecule has 0 unspecified atom stereocenters. The van der Waals surface area contributed by atoms with Crippen molar-refractivity contribution in [3.05, 3.63) is 76.5 Å². The number of hydrogen-bond acceptors (Lipinski definition) is 5. The number of rotatable bonds is 7. The van der Waals surface area contributed by atoms with Gasteiger partial charge in [-0.2, -0.15) is 9.40 Å². The highest BCUT2D eigenvalue weighted by molar-refractivity contribution is 7.89. The Morgan fingerprint density at radius 3 is 2.34 bits per heavy atom. The number of carbonyl (C=O) groups excluding carboxylic acids is 1. The van der Waals surface area contributed by atoms with Gasteiger partial charge in [0.15, 0.2) is 0 Å². The van der Waals surface area contributed by atoms with Gasteiger partial charge in [0.05, 0.1) is 5.56 Å². The van der Waals surface area contributed by atoms with Gasteiger partial charge in [0.25, 0.3) is 15.9 Å². The third-order valence-electron chi connectivity index (χ3n) is 6.74. The zero-order chi connectivity index (χ0) is 25.2. The van der Waals surface area contributed by atoms with Crippen LogP contribution in [-0.2, 0) is 23.1 Å². The minimum atomic E-state index is -3.93. The normalized spacial score (nSPS) is 14.8. The lowest BCUT2D eigenvalue weighted by molar-refractivity contribution is 0.0947. The predicted molar refractivity (Wildman–Crippen MR) is 137 cm³/mol. The summed E-state index contributed by atoms with van der Waals surface area (Å²) in [7, 11) is -3.93. The number of carbonyl (C=O) groups is 1. The molecule has 3 aromatic rings. The summed E-state index contributed by atoms with van der Waals surface area (Å²) < 4.78 is 30.1. The molecule has 1 aromatic heterocycles. The topological polar surface area (TPSA) is 87.5 Å². The third-order valence-corrected chi connectivity index (χ3v) is 8.57. The highest BCUT2D eigenvalue weighted by Crippen LogP contribution is 2.26. The summed E-state index contributed by atoms with van der Waals surface area (Å²) >= 11 is 0. The molecule has 0 spiro atoms. The second-order valence-electron chi connectivity index (χ2n) is 8.92. The Kier molecular flexibility index (Phi) is 7.28. The van der Waals surface area contributed by atoms with Gasteiger partial charge in [0, 0.05) is 51.2 Å². The molecular weight excluding hydrogens is 462 g/mol. The first-order valence-corrected chi connectivity index (χ1v) is 13.4. The van der Waals surface area contributed by atoms with E-state index in [4.69, 9.17) is 0 Å². The van der Waals surface area contributed by atoms with Crippen LogP contribution in [0, 0.1) is 20.8 Å². The lowest BCUT2D eigenvalue weighted by Crippen LogP contribution is -2.49. The summed E-state index contributed by atoms with van der Waals surface area (Å²) in [4.78, 5) is 15.3. The molecule has 1 fully saturated rings. The Balaban J connectivity index is 1.52. The van der Waals surface area contributed by atoms with Gasteiger partial charge < -0.3 is 10.2 Å². The molecule has 0 aliphatic carbocycles. The van der Waals surface area contributed by atoms with E-state index in [1.807, 2.05) is 44.2 Å². The Labute approximate surface area is 207 Å². The standard InChI is InChI=1S/C26H33N5O3S/c1-5-30-18-23(25(32)27-17-22-11-7-6-9-20(22)3)26(28-30)35(33,34)31-15-13-29(14-16-31)24-12-8-10-19(2)21(24)4/h6-12,18H,5,13-17H2,1-4H3,(H,27,32). The van der Waals surface area contributed by atoms with Crippen molar-refractivity contribution in [2.75, 3.05) is 31.1 Å². The highest BCUT2D eigenvalue weighted by atomic mass is 32.2. The Morgan fingerprint density at radius 2 is 1.66 bits per heavy atom. The Hall–Kier alpha value is -3.17. The molecule has 186 valence electrons. The third kappa shape index (κ3) is 5.11. The van der Waals surface area contributed by atoms with E-state index in [-0.39, 0.29) is 10.6 Å². The van der Waals surface area contributed by atoms with Crippen LogP contribution in [0.3, 0.4) is 0 Å². The van der Waals surface area contributed by atoms with Gasteiger partial charge in [-0.1, -0.05) is 36.4 Å². The van der Waals surface area contributed by atoms with Crippen LogP contribution in [0.1, 0.15) is 39.5 Å². The largest absolute Gasteiger partial charge is 0.369 e. The quantitative estimate of drug-likeness (QED) is 0.544. The molecule has 2 heterocycles. The molecular formula is C26H33N5O3S. The first-order valence-electron chi connectivity index (χ1n) is 11.9. The number of amides is 1. The molecule has 2 aromatic carbocycles. The highest BCUT2D eigenvalue weighted by Gasteiger charge is 2.35. The van der Waals surface area contributed by atoms with E-state index in [9.17, 15) is 13.2 Å². The van der Waals surface area contributed by atoms with Crippen molar-refractivity contribution >= 4 is 21.6 Å². The predicted octanol–water partition coefficient (Wildman–Crippen LogP) is 3.27. The molecule has 8 nitrogen and oxygen atoms in total. The second-order valence-corrected chi connectivity index (χ2v) is 10.8. The number of sulfonamides is 1. The molecule has 35 heavy (non-hydrogen) atoms. The number of nitrogens with zero attached hydrogens (tertiary/aromatic N) is 4. The Morgan fingerprint density at radius 1 is 0.971 bits per heavy atom. The summed E-state index contributed by atoms with van der Waals surface area (Å²) in [6.07, 6.45) is 1.52.